The minimum absolute atomic E-state index is 0.128. The number of carboxylic acids is 1. The van der Waals surface area contributed by atoms with Crippen molar-refractivity contribution in [3.8, 4) is 10.6 Å². The van der Waals surface area contributed by atoms with Crippen molar-refractivity contribution in [3.05, 3.63) is 26.9 Å². The summed E-state index contributed by atoms with van der Waals surface area (Å²) in [5.74, 6) is -0.670. The van der Waals surface area contributed by atoms with Gasteiger partial charge in [-0.1, -0.05) is 0 Å². The predicted octanol–water partition coefficient (Wildman–Crippen LogP) is 3.71. The van der Waals surface area contributed by atoms with Crippen LogP contribution in [0.25, 0.3) is 10.6 Å². The number of amides is 1. The molecule has 0 bridgehead atoms. The molecular formula is C17H20N2O3S2. The third kappa shape index (κ3) is 4.02. The van der Waals surface area contributed by atoms with Gasteiger partial charge >= 0.3 is 5.97 Å². The number of thiophene rings is 1. The van der Waals surface area contributed by atoms with E-state index in [4.69, 9.17) is 5.11 Å². The van der Waals surface area contributed by atoms with Crippen LogP contribution in [0.1, 0.15) is 41.1 Å². The zero-order chi connectivity index (χ0) is 17.1. The molecule has 0 unspecified atom stereocenters. The molecule has 0 spiro atoms. The number of thiazole rings is 1. The van der Waals surface area contributed by atoms with Crippen LogP contribution in [0, 0.1) is 6.92 Å². The van der Waals surface area contributed by atoms with Crippen molar-refractivity contribution in [1.29, 1.82) is 0 Å². The zero-order valence-corrected chi connectivity index (χ0v) is 15.2. The SMILES string of the molecule is Cc1nc(-c2cc3c(s2)CCN(C(=O)CCCCC(=O)O)C3)cs1. The number of unbranched alkanes of at least 4 members (excludes halogenated alkanes) is 1. The molecule has 5 nitrogen and oxygen atoms in total. The Bertz CT molecular complexity index is 751. The zero-order valence-electron chi connectivity index (χ0n) is 13.6. The summed E-state index contributed by atoms with van der Waals surface area (Å²) >= 11 is 3.43. The molecule has 0 fully saturated rings. The Hall–Kier alpha value is -1.73. The summed E-state index contributed by atoms with van der Waals surface area (Å²) in [6.07, 6.45) is 2.67. The maximum Gasteiger partial charge on any atom is 0.303 e. The number of fused-ring (bicyclic) bond motifs is 1. The van der Waals surface area contributed by atoms with Crippen LogP contribution in [-0.4, -0.2) is 33.4 Å². The molecule has 1 aliphatic rings. The maximum atomic E-state index is 12.3. The van der Waals surface area contributed by atoms with E-state index in [2.05, 4.69) is 16.4 Å². The molecule has 2 aromatic heterocycles. The van der Waals surface area contributed by atoms with E-state index in [1.807, 2.05) is 11.8 Å². The van der Waals surface area contributed by atoms with Gasteiger partial charge in [-0.05, 0) is 37.8 Å². The monoisotopic (exact) mass is 364 g/mol. The van der Waals surface area contributed by atoms with Gasteiger partial charge < -0.3 is 10.0 Å². The second kappa shape index (κ2) is 7.44. The molecule has 0 aliphatic carbocycles. The van der Waals surface area contributed by atoms with Crippen molar-refractivity contribution >= 4 is 34.6 Å². The number of aliphatic carboxylic acids is 1. The van der Waals surface area contributed by atoms with Crippen LogP contribution in [0.15, 0.2) is 11.4 Å². The molecule has 1 aliphatic heterocycles. The first-order valence-corrected chi connectivity index (χ1v) is 9.76. The van der Waals surface area contributed by atoms with E-state index in [-0.39, 0.29) is 12.3 Å². The van der Waals surface area contributed by atoms with Gasteiger partial charge in [0, 0.05) is 36.2 Å². The lowest BCUT2D eigenvalue weighted by Crippen LogP contribution is -2.35. The normalized spacial score (nSPS) is 13.8. The van der Waals surface area contributed by atoms with Gasteiger partial charge in [0.25, 0.3) is 0 Å². The number of nitrogens with zero attached hydrogens (tertiary/aromatic N) is 2. The Labute approximate surface area is 149 Å². The summed E-state index contributed by atoms with van der Waals surface area (Å²) in [5, 5.41) is 11.8. The maximum absolute atomic E-state index is 12.3. The molecule has 1 amide bonds. The Balaban J connectivity index is 1.59. The molecule has 128 valence electrons. The summed E-state index contributed by atoms with van der Waals surface area (Å²) in [6, 6.07) is 2.17. The number of carbonyl (C=O) groups excluding carboxylic acids is 1. The lowest BCUT2D eigenvalue weighted by atomic mass is 10.1. The van der Waals surface area contributed by atoms with E-state index in [9.17, 15) is 9.59 Å². The first-order valence-electron chi connectivity index (χ1n) is 8.06. The summed E-state index contributed by atoms with van der Waals surface area (Å²) in [4.78, 5) is 31.8. The van der Waals surface area contributed by atoms with Gasteiger partial charge in [0.1, 0.15) is 0 Å². The number of aryl methyl sites for hydroxylation is 1. The van der Waals surface area contributed by atoms with E-state index in [0.29, 0.717) is 25.8 Å². The fourth-order valence-corrected chi connectivity index (χ4v) is 4.67. The average molecular weight is 364 g/mol. The van der Waals surface area contributed by atoms with Gasteiger partial charge in [0.05, 0.1) is 15.6 Å². The van der Waals surface area contributed by atoms with Crippen LogP contribution in [0.3, 0.4) is 0 Å². The number of hydrogen-bond acceptors (Lipinski definition) is 5. The van der Waals surface area contributed by atoms with Gasteiger partial charge in [-0.3, -0.25) is 9.59 Å². The highest BCUT2D eigenvalue weighted by Gasteiger charge is 2.23. The van der Waals surface area contributed by atoms with E-state index in [1.165, 1.54) is 15.3 Å². The number of rotatable bonds is 6. The molecule has 0 atom stereocenters. The Morgan fingerprint density at radius 3 is 2.83 bits per heavy atom. The molecule has 24 heavy (non-hydrogen) atoms. The molecule has 0 radical (unpaired) electrons. The van der Waals surface area contributed by atoms with Gasteiger partial charge in [-0.25, -0.2) is 4.98 Å². The standard InChI is InChI=1S/C17H20N2O3S2/c1-11-18-13(10-23-11)15-8-12-9-19(7-6-14(12)24-15)16(20)4-2-3-5-17(21)22/h8,10H,2-7,9H2,1H3,(H,21,22). The van der Waals surface area contributed by atoms with Crippen LogP contribution in [0.4, 0.5) is 0 Å². The molecule has 0 saturated heterocycles. The first kappa shape index (κ1) is 17.1. The van der Waals surface area contributed by atoms with Gasteiger partial charge in [-0.2, -0.15) is 0 Å². The summed E-state index contributed by atoms with van der Waals surface area (Å²) < 4.78 is 0. The van der Waals surface area contributed by atoms with Crippen molar-refractivity contribution in [2.24, 2.45) is 0 Å². The second-order valence-electron chi connectivity index (χ2n) is 5.98. The lowest BCUT2D eigenvalue weighted by molar-refractivity contribution is -0.137. The highest BCUT2D eigenvalue weighted by atomic mass is 32.1. The minimum Gasteiger partial charge on any atom is -0.481 e. The Kier molecular flexibility index (Phi) is 5.30. The van der Waals surface area contributed by atoms with Crippen molar-refractivity contribution in [2.75, 3.05) is 6.54 Å². The summed E-state index contributed by atoms with van der Waals surface area (Å²) in [5.41, 5.74) is 2.26. The molecule has 3 rings (SSSR count). The fourth-order valence-electron chi connectivity index (χ4n) is 2.86. The number of aromatic nitrogens is 1. The van der Waals surface area contributed by atoms with Crippen LogP contribution in [0.2, 0.25) is 0 Å². The average Bonchev–Trinajstić information content (AvgIpc) is 3.16. The van der Waals surface area contributed by atoms with E-state index >= 15 is 0 Å². The van der Waals surface area contributed by atoms with Crippen molar-refractivity contribution in [1.82, 2.24) is 9.88 Å². The third-order valence-corrected chi connectivity index (χ3v) is 6.16. The Morgan fingerprint density at radius 1 is 1.33 bits per heavy atom. The van der Waals surface area contributed by atoms with E-state index in [1.54, 1.807) is 22.7 Å². The topological polar surface area (TPSA) is 70.5 Å². The molecule has 0 saturated carbocycles. The van der Waals surface area contributed by atoms with Crippen LogP contribution < -0.4 is 0 Å². The molecular weight excluding hydrogens is 344 g/mol. The molecule has 1 N–H and O–H groups in total. The molecule has 3 heterocycles. The number of carbonyl (C=O) groups is 2. The second-order valence-corrected chi connectivity index (χ2v) is 8.18. The highest BCUT2D eigenvalue weighted by Crippen LogP contribution is 2.35. The first-order chi connectivity index (χ1) is 11.5. The third-order valence-electron chi connectivity index (χ3n) is 4.12. The molecule has 7 heteroatoms. The van der Waals surface area contributed by atoms with Crippen molar-refractivity contribution in [3.63, 3.8) is 0 Å². The smallest absolute Gasteiger partial charge is 0.303 e. The molecule has 2 aromatic rings. The van der Waals surface area contributed by atoms with Crippen LogP contribution in [0.5, 0.6) is 0 Å². The van der Waals surface area contributed by atoms with Crippen LogP contribution in [-0.2, 0) is 22.6 Å². The number of carboxylic acid groups (broad SMARTS) is 1. The summed E-state index contributed by atoms with van der Waals surface area (Å²) in [7, 11) is 0. The minimum atomic E-state index is -0.798. The Morgan fingerprint density at radius 2 is 2.12 bits per heavy atom. The largest absolute Gasteiger partial charge is 0.481 e. The van der Waals surface area contributed by atoms with Gasteiger partial charge in [0.2, 0.25) is 5.91 Å². The van der Waals surface area contributed by atoms with E-state index < -0.39 is 5.97 Å². The van der Waals surface area contributed by atoms with E-state index in [0.717, 1.165) is 23.7 Å². The van der Waals surface area contributed by atoms with Crippen molar-refractivity contribution in [2.45, 2.75) is 45.6 Å². The van der Waals surface area contributed by atoms with Crippen LogP contribution >= 0.6 is 22.7 Å². The summed E-state index contributed by atoms with van der Waals surface area (Å²) in [6.45, 7) is 3.42. The lowest BCUT2D eigenvalue weighted by Gasteiger charge is -2.27. The highest BCUT2D eigenvalue weighted by molar-refractivity contribution is 7.16. The van der Waals surface area contributed by atoms with Gasteiger partial charge in [0.15, 0.2) is 0 Å². The number of hydrogen-bond donors (Lipinski definition) is 1. The molecule has 0 aromatic carbocycles. The van der Waals surface area contributed by atoms with Crippen molar-refractivity contribution < 1.29 is 14.7 Å². The predicted molar refractivity (Wildman–Crippen MR) is 95.4 cm³/mol. The fraction of sp³-hybridized carbons (Fsp3) is 0.471. The quantitative estimate of drug-likeness (QED) is 0.793. The van der Waals surface area contributed by atoms with Gasteiger partial charge in [-0.15, -0.1) is 22.7 Å².